The lowest BCUT2D eigenvalue weighted by Gasteiger charge is -2.28. The van der Waals surface area contributed by atoms with E-state index in [-0.39, 0.29) is 24.2 Å². The summed E-state index contributed by atoms with van der Waals surface area (Å²) in [5.74, 6) is 0.472. The van der Waals surface area contributed by atoms with Crippen LogP contribution in [-0.4, -0.2) is 35.4 Å². The Kier molecular flexibility index (Phi) is 6.81. The number of rotatable bonds is 4. The van der Waals surface area contributed by atoms with E-state index >= 15 is 0 Å². The van der Waals surface area contributed by atoms with E-state index in [1.807, 2.05) is 30.0 Å². The summed E-state index contributed by atoms with van der Waals surface area (Å²) in [6, 6.07) is 5.83. The number of amides is 1. The maximum absolute atomic E-state index is 12.4. The molecule has 0 radical (unpaired) electrons. The van der Waals surface area contributed by atoms with Gasteiger partial charge in [0.25, 0.3) is 0 Å². The highest BCUT2D eigenvalue weighted by Crippen LogP contribution is 2.16. The van der Waals surface area contributed by atoms with Gasteiger partial charge in [-0.05, 0) is 45.0 Å². The van der Waals surface area contributed by atoms with Crippen LogP contribution in [0.15, 0.2) is 24.4 Å². The maximum atomic E-state index is 12.4. The first kappa shape index (κ1) is 15.9. The molecule has 1 saturated heterocycles. The third kappa shape index (κ3) is 4.48. The Balaban J connectivity index is 0.00000180. The molecule has 2 heterocycles. The highest BCUT2D eigenvalue weighted by molar-refractivity contribution is 5.85. The monoisotopic (exact) mass is 283 g/mol. The highest BCUT2D eigenvalue weighted by Gasteiger charge is 2.25. The fraction of sp³-hybridized carbons (Fsp3) is 0.571. The van der Waals surface area contributed by atoms with E-state index in [0.717, 1.165) is 38.2 Å². The van der Waals surface area contributed by atoms with Gasteiger partial charge >= 0.3 is 0 Å². The first-order valence-corrected chi connectivity index (χ1v) is 6.70. The molecule has 1 fully saturated rings. The number of nitrogens with zero attached hydrogens (tertiary/aromatic N) is 2. The van der Waals surface area contributed by atoms with E-state index < -0.39 is 0 Å². The van der Waals surface area contributed by atoms with Crippen molar-refractivity contribution in [2.45, 2.75) is 26.3 Å². The molecular weight excluding hydrogens is 262 g/mol. The average molecular weight is 284 g/mol. The lowest BCUT2D eigenvalue weighted by Crippen LogP contribution is -2.40. The van der Waals surface area contributed by atoms with Crippen molar-refractivity contribution in [3.63, 3.8) is 0 Å². The quantitative estimate of drug-likeness (QED) is 0.917. The molecule has 0 aromatic carbocycles. The molecular formula is C14H22ClN3O. The molecule has 1 aromatic heterocycles. The number of nitrogens with one attached hydrogen (secondary N) is 1. The average Bonchev–Trinajstić information content (AvgIpc) is 2.46. The van der Waals surface area contributed by atoms with Crippen LogP contribution in [0.3, 0.4) is 0 Å². The number of pyridine rings is 1. The van der Waals surface area contributed by atoms with Gasteiger partial charge in [-0.15, -0.1) is 12.4 Å². The van der Waals surface area contributed by atoms with Gasteiger partial charge in [-0.1, -0.05) is 6.07 Å². The van der Waals surface area contributed by atoms with Crippen LogP contribution in [0.1, 0.15) is 25.5 Å². The second kappa shape index (κ2) is 8.12. The summed E-state index contributed by atoms with van der Waals surface area (Å²) in [6.07, 6.45) is 3.69. The van der Waals surface area contributed by atoms with Gasteiger partial charge in [0.1, 0.15) is 0 Å². The fourth-order valence-corrected chi connectivity index (χ4v) is 2.36. The van der Waals surface area contributed by atoms with Gasteiger partial charge in [-0.3, -0.25) is 9.78 Å². The number of piperidine rings is 1. The van der Waals surface area contributed by atoms with Gasteiger partial charge in [0.05, 0.1) is 12.2 Å². The second-order valence-corrected chi connectivity index (χ2v) is 4.70. The maximum Gasteiger partial charge on any atom is 0.226 e. The van der Waals surface area contributed by atoms with Crippen LogP contribution in [0, 0.1) is 5.92 Å². The van der Waals surface area contributed by atoms with E-state index in [9.17, 15) is 4.79 Å². The molecule has 0 bridgehead atoms. The summed E-state index contributed by atoms with van der Waals surface area (Å²) >= 11 is 0. The number of aromatic nitrogens is 1. The van der Waals surface area contributed by atoms with Crippen molar-refractivity contribution in [1.82, 2.24) is 15.2 Å². The molecule has 0 atom stereocenters. The smallest absolute Gasteiger partial charge is 0.226 e. The molecule has 1 aliphatic rings. The Bertz CT molecular complexity index is 380. The van der Waals surface area contributed by atoms with Gasteiger partial charge in [0.15, 0.2) is 0 Å². The number of carbonyl (C=O) groups is 1. The van der Waals surface area contributed by atoms with Crippen molar-refractivity contribution in [2.75, 3.05) is 19.6 Å². The van der Waals surface area contributed by atoms with Crippen molar-refractivity contribution < 1.29 is 4.79 Å². The predicted octanol–water partition coefficient (Wildman–Crippen LogP) is 1.85. The molecule has 5 heteroatoms. The highest BCUT2D eigenvalue weighted by atomic mass is 35.5. The summed E-state index contributed by atoms with van der Waals surface area (Å²) in [4.78, 5) is 18.6. The first-order valence-electron chi connectivity index (χ1n) is 6.70. The molecule has 1 N–H and O–H groups in total. The van der Waals surface area contributed by atoms with Crippen LogP contribution in [-0.2, 0) is 11.3 Å². The molecule has 0 aliphatic carbocycles. The summed E-state index contributed by atoms with van der Waals surface area (Å²) < 4.78 is 0. The molecule has 2 rings (SSSR count). The summed E-state index contributed by atoms with van der Waals surface area (Å²) in [5, 5.41) is 3.29. The van der Waals surface area contributed by atoms with Crippen molar-refractivity contribution in [1.29, 1.82) is 0 Å². The van der Waals surface area contributed by atoms with Crippen LogP contribution in [0.25, 0.3) is 0 Å². The molecule has 1 aliphatic heterocycles. The lowest BCUT2D eigenvalue weighted by molar-refractivity contribution is -0.136. The second-order valence-electron chi connectivity index (χ2n) is 4.70. The van der Waals surface area contributed by atoms with E-state index in [0.29, 0.717) is 6.54 Å². The molecule has 0 spiro atoms. The molecule has 19 heavy (non-hydrogen) atoms. The zero-order chi connectivity index (χ0) is 12.8. The van der Waals surface area contributed by atoms with Crippen LogP contribution in [0.5, 0.6) is 0 Å². The van der Waals surface area contributed by atoms with Crippen molar-refractivity contribution >= 4 is 18.3 Å². The van der Waals surface area contributed by atoms with Gasteiger partial charge in [-0.25, -0.2) is 0 Å². The minimum absolute atomic E-state index is 0. The number of hydrogen-bond donors (Lipinski definition) is 1. The third-order valence-electron chi connectivity index (χ3n) is 3.46. The van der Waals surface area contributed by atoms with Crippen LogP contribution in [0.2, 0.25) is 0 Å². The zero-order valence-electron chi connectivity index (χ0n) is 11.3. The molecule has 0 saturated carbocycles. The van der Waals surface area contributed by atoms with E-state index in [4.69, 9.17) is 0 Å². The van der Waals surface area contributed by atoms with Crippen molar-refractivity contribution in [3.05, 3.63) is 30.1 Å². The predicted molar refractivity (Wildman–Crippen MR) is 78.2 cm³/mol. The Labute approximate surface area is 121 Å². The van der Waals surface area contributed by atoms with Crippen LogP contribution >= 0.6 is 12.4 Å². The number of carbonyl (C=O) groups excluding carboxylic acids is 1. The normalized spacial score (nSPS) is 15.6. The van der Waals surface area contributed by atoms with Crippen LogP contribution < -0.4 is 5.32 Å². The Morgan fingerprint density at radius 3 is 2.74 bits per heavy atom. The minimum Gasteiger partial charge on any atom is -0.337 e. The summed E-state index contributed by atoms with van der Waals surface area (Å²) in [6.45, 7) is 5.32. The van der Waals surface area contributed by atoms with Crippen LogP contribution in [0.4, 0.5) is 0 Å². The Morgan fingerprint density at radius 2 is 2.16 bits per heavy atom. The summed E-state index contributed by atoms with van der Waals surface area (Å²) in [7, 11) is 0. The SMILES string of the molecule is CCN(Cc1ccccn1)C(=O)C1CCNCC1.Cl. The fourth-order valence-electron chi connectivity index (χ4n) is 2.36. The Hall–Kier alpha value is -1.13. The van der Waals surface area contributed by atoms with Gasteiger partial charge in [0, 0.05) is 18.7 Å². The molecule has 1 amide bonds. The first-order chi connectivity index (χ1) is 8.81. The third-order valence-corrected chi connectivity index (χ3v) is 3.46. The number of halogens is 1. The standard InChI is InChI=1S/C14H21N3O.ClH/c1-2-17(11-13-5-3-4-8-16-13)14(18)12-6-9-15-10-7-12;/h3-5,8,12,15H,2,6-7,9-11H2,1H3;1H. The largest absolute Gasteiger partial charge is 0.337 e. The number of hydrogen-bond acceptors (Lipinski definition) is 3. The van der Waals surface area contributed by atoms with Crippen molar-refractivity contribution in [3.8, 4) is 0 Å². The van der Waals surface area contributed by atoms with E-state index in [1.54, 1.807) is 6.20 Å². The van der Waals surface area contributed by atoms with Gasteiger partial charge in [-0.2, -0.15) is 0 Å². The zero-order valence-corrected chi connectivity index (χ0v) is 12.2. The lowest BCUT2D eigenvalue weighted by atomic mass is 9.96. The molecule has 4 nitrogen and oxygen atoms in total. The summed E-state index contributed by atoms with van der Waals surface area (Å²) in [5.41, 5.74) is 0.960. The van der Waals surface area contributed by atoms with E-state index in [2.05, 4.69) is 10.3 Å². The molecule has 106 valence electrons. The van der Waals surface area contributed by atoms with Crippen molar-refractivity contribution in [2.24, 2.45) is 5.92 Å². The molecule has 1 aromatic rings. The van der Waals surface area contributed by atoms with Gasteiger partial charge < -0.3 is 10.2 Å². The topological polar surface area (TPSA) is 45.2 Å². The van der Waals surface area contributed by atoms with Gasteiger partial charge in [0.2, 0.25) is 5.91 Å². The molecule has 0 unspecified atom stereocenters. The Morgan fingerprint density at radius 1 is 1.42 bits per heavy atom. The van der Waals surface area contributed by atoms with E-state index in [1.165, 1.54) is 0 Å². The minimum atomic E-state index is 0.